The quantitative estimate of drug-likeness (QED) is 0.490. The Balaban J connectivity index is 1.99. The molecule has 1 nitrogen and oxygen atoms in total. The predicted octanol–water partition coefficient (Wildman–Crippen LogP) is 4.68. The van der Waals surface area contributed by atoms with Gasteiger partial charge in [0.05, 0.1) is 6.10 Å². The van der Waals surface area contributed by atoms with Crippen molar-refractivity contribution in [2.45, 2.75) is 51.0 Å². The molecular formula is C15H24OS. The van der Waals surface area contributed by atoms with Crippen LogP contribution in [-0.2, 0) is 4.74 Å². The number of benzene rings is 1. The van der Waals surface area contributed by atoms with Crippen molar-refractivity contribution in [2.75, 3.05) is 12.4 Å². The zero-order chi connectivity index (χ0) is 12.5. The van der Waals surface area contributed by atoms with Gasteiger partial charge in [-0.15, -0.1) is 11.8 Å². The van der Waals surface area contributed by atoms with Crippen LogP contribution in [0.15, 0.2) is 29.2 Å². The largest absolute Gasteiger partial charge is 0.379 e. The molecule has 0 saturated carbocycles. The van der Waals surface area contributed by atoms with Crippen LogP contribution in [0.1, 0.15) is 38.7 Å². The van der Waals surface area contributed by atoms with Gasteiger partial charge in [0.15, 0.2) is 0 Å². The van der Waals surface area contributed by atoms with Gasteiger partial charge in [0, 0.05) is 11.5 Å². The summed E-state index contributed by atoms with van der Waals surface area (Å²) in [6.07, 6.45) is 4.11. The van der Waals surface area contributed by atoms with Gasteiger partial charge in [0.2, 0.25) is 0 Å². The maximum absolute atomic E-state index is 5.51. The average Bonchev–Trinajstić information content (AvgIpc) is 2.30. The third-order valence-electron chi connectivity index (χ3n) is 2.53. The van der Waals surface area contributed by atoms with Crippen LogP contribution in [-0.4, -0.2) is 18.5 Å². The first-order valence-electron chi connectivity index (χ1n) is 6.49. The summed E-state index contributed by atoms with van der Waals surface area (Å²) >= 11 is 1.95. The highest BCUT2D eigenvalue weighted by molar-refractivity contribution is 7.99. The number of hydrogen-bond donors (Lipinski definition) is 0. The van der Waals surface area contributed by atoms with E-state index in [9.17, 15) is 0 Å². The first-order valence-corrected chi connectivity index (χ1v) is 7.48. The molecule has 0 aliphatic heterocycles. The second-order valence-corrected chi connectivity index (χ2v) is 5.81. The van der Waals surface area contributed by atoms with Crippen LogP contribution in [0, 0.1) is 6.92 Å². The molecule has 0 spiro atoms. The van der Waals surface area contributed by atoms with E-state index in [0.29, 0.717) is 6.10 Å². The van der Waals surface area contributed by atoms with E-state index in [1.54, 1.807) is 0 Å². The fourth-order valence-electron chi connectivity index (χ4n) is 1.52. The number of ether oxygens (including phenoxy) is 1. The molecule has 0 fully saturated rings. The highest BCUT2D eigenvalue weighted by atomic mass is 32.2. The summed E-state index contributed by atoms with van der Waals surface area (Å²) in [5.41, 5.74) is 1.33. The van der Waals surface area contributed by atoms with Gasteiger partial charge in [-0.1, -0.05) is 24.1 Å². The van der Waals surface area contributed by atoms with Crippen LogP contribution in [0.5, 0.6) is 0 Å². The second kappa shape index (κ2) is 8.60. The molecule has 0 aliphatic rings. The molecule has 96 valence electrons. The normalized spacial score (nSPS) is 11.1. The number of aryl methyl sites for hydroxylation is 1. The van der Waals surface area contributed by atoms with Crippen molar-refractivity contribution >= 4 is 11.8 Å². The summed E-state index contributed by atoms with van der Waals surface area (Å²) in [4.78, 5) is 1.38. The average molecular weight is 252 g/mol. The van der Waals surface area contributed by atoms with E-state index in [1.165, 1.54) is 35.5 Å². The van der Waals surface area contributed by atoms with E-state index in [0.717, 1.165) is 6.61 Å². The molecular weight excluding hydrogens is 228 g/mol. The third-order valence-corrected chi connectivity index (χ3v) is 3.63. The van der Waals surface area contributed by atoms with Crippen LogP contribution >= 0.6 is 11.8 Å². The molecule has 0 aromatic heterocycles. The molecule has 2 heteroatoms. The van der Waals surface area contributed by atoms with Crippen LogP contribution < -0.4 is 0 Å². The van der Waals surface area contributed by atoms with Crippen LogP contribution in [0.4, 0.5) is 0 Å². The Morgan fingerprint density at radius 2 is 1.76 bits per heavy atom. The highest BCUT2D eigenvalue weighted by Crippen LogP contribution is 2.19. The van der Waals surface area contributed by atoms with E-state index < -0.39 is 0 Å². The predicted molar refractivity (Wildman–Crippen MR) is 76.8 cm³/mol. The van der Waals surface area contributed by atoms with Crippen LogP contribution in [0.3, 0.4) is 0 Å². The second-order valence-electron chi connectivity index (χ2n) is 4.64. The van der Waals surface area contributed by atoms with Crippen LogP contribution in [0.25, 0.3) is 0 Å². The van der Waals surface area contributed by atoms with E-state index in [2.05, 4.69) is 45.0 Å². The number of unbranched alkanes of at least 4 members (excludes halogenated alkanes) is 2. The van der Waals surface area contributed by atoms with Gasteiger partial charge < -0.3 is 4.74 Å². The Morgan fingerprint density at radius 3 is 2.41 bits per heavy atom. The van der Waals surface area contributed by atoms with Gasteiger partial charge in [-0.2, -0.15) is 0 Å². The van der Waals surface area contributed by atoms with Crippen molar-refractivity contribution in [1.29, 1.82) is 0 Å². The maximum atomic E-state index is 5.51. The Kier molecular flexibility index (Phi) is 7.38. The molecule has 0 atom stereocenters. The van der Waals surface area contributed by atoms with Crippen molar-refractivity contribution < 1.29 is 4.74 Å². The third kappa shape index (κ3) is 7.45. The standard InChI is InChI=1S/C15H24OS/c1-13(2)16-11-5-4-6-12-17-15-9-7-14(3)8-10-15/h7-10,13H,4-6,11-12H2,1-3H3. The zero-order valence-electron chi connectivity index (χ0n) is 11.2. The lowest BCUT2D eigenvalue weighted by atomic mass is 10.2. The summed E-state index contributed by atoms with van der Waals surface area (Å²) < 4.78 is 5.51. The van der Waals surface area contributed by atoms with E-state index in [4.69, 9.17) is 4.74 Å². The topological polar surface area (TPSA) is 9.23 Å². The van der Waals surface area contributed by atoms with E-state index in [-0.39, 0.29) is 0 Å². The fraction of sp³-hybridized carbons (Fsp3) is 0.600. The Morgan fingerprint density at radius 1 is 1.06 bits per heavy atom. The van der Waals surface area contributed by atoms with Crippen LogP contribution in [0.2, 0.25) is 0 Å². The molecule has 0 radical (unpaired) electrons. The minimum absolute atomic E-state index is 0.372. The van der Waals surface area contributed by atoms with Crippen molar-refractivity contribution in [3.63, 3.8) is 0 Å². The van der Waals surface area contributed by atoms with Crippen molar-refractivity contribution in [1.82, 2.24) is 0 Å². The van der Waals surface area contributed by atoms with Gasteiger partial charge in [-0.3, -0.25) is 0 Å². The summed E-state index contributed by atoms with van der Waals surface area (Å²) in [5.74, 6) is 1.21. The lowest BCUT2D eigenvalue weighted by Crippen LogP contribution is -2.03. The van der Waals surface area contributed by atoms with Gasteiger partial charge in [0.1, 0.15) is 0 Å². The lowest BCUT2D eigenvalue weighted by Gasteiger charge is -2.06. The molecule has 0 aliphatic carbocycles. The highest BCUT2D eigenvalue weighted by Gasteiger charge is 1.96. The fourth-order valence-corrected chi connectivity index (χ4v) is 2.44. The maximum Gasteiger partial charge on any atom is 0.0518 e. The van der Waals surface area contributed by atoms with Crippen molar-refractivity contribution in [2.24, 2.45) is 0 Å². The Hall–Kier alpha value is -0.470. The van der Waals surface area contributed by atoms with Gasteiger partial charge in [0.25, 0.3) is 0 Å². The Bertz CT molecular complexity index is 292. The minimum atomic E-state index is 0.372. The molecule has 1 rings (SSSR count). The smallest absolute Gasteiger partial charge is 0.0518 e. The van der Waals surface area contributed by atoms with Crippen molar-refractivity contribution in [3.8, 4) is 0 Å². The molecule has 0 heterocycles. The Labute approximate surface area is 110 Å². The number of rotatable bonds is 8. The minimum Gasteiger partial charge on any atom is -0.379 e. The SMILES string of the molecule is Cc1ccc(SCCCCCOC(C)C)cc1. The molecule has 0 saturated heterocycles. The molecule has 0 unspecified atom stereocenters. The molecule has 0 N–H and O–H groups in total. The zero-order valence-corrected chi connectivity index (χ0v) is 12.1. The molecule has 0 amide bonds. The molecule has 0 bridgehead atoms. The summed E-state index contributed by atoms with van der Waals surface area (Å²) in [6.45, 7) is 7.22. The first-order chi connectivity index (χ1) is 8.18. The lowest BCUT2D eigenvalue weighted by molar-refractivity contribution is 0.0760. The summed E-state index contributed by atoms with van der Waals surface area (Å²) in [6, 6.07) is 8.78. The monoisotopic (exact) mass is 252 g/mol. The molecule has 1 aromatic carbocycles. The summed E-state index contributed by atoms with van der Waals surface area (Å²) in [7, 11) is 0. The van der Waals surface area contributed by atoms with E-state index in [1.807, 2.05) is 11.8 Å². The number of hydrogen-bond acceptors (Lipinski definition) is 2. The van der Waals surface area contributed by atoms with E-state index >= 15 is 0 Å². The van der Waals surface area contributed by atoms with Crippen molar-refractivity contribution in [3.05, 3.63) is 29.8 Å². The van der Waals surface area contributed by atoms with Gasteiger partial charge >= 0.3 is 0 Å². The number of thioether (sulfide) groups is 1. The first kappa shape index (κ1) is 14.6. The summed E-state index contributed by atoms with van der Waals surface area (Å²) in [5, 5.41) is 0. The van der Waals surface area contributed by atoms with Gasteiger partial charge in [-0.05, 0) is 51.5 Å². The molecule has 17 heavy (non-hydrogen) atoms. The molecule has 1 aromatic rings. The van der Waals surface area contributed by atoms with Gasteiger partial charge in [-0.25, -0.2) is 0 Å².